The summed E-state index contributed by atoms with van der Waals surface area (Å²) in [5.74, 6) is 0. The molecule has 0 spiro atoms. The Morgan fingerprint density at radius 2 is 1.89 bits per heavy atom. The van der Waals surface area contributed by atoms with Gasteiger partial charge in [0.1, 0.15) is 0 Å². The highest BCUT2D eigenvalue weighted by Gasteiger charge is 2.07. The lowest BCUT2D eigenvalue weighted by molar-refractivity contribution is 1.02. The number of aromatic nitrogens is 1. The molecule has 5 heteroatoms. The first-order chi connectivity index (χ1) is 8.56. The highest BCUT2D eigenvalue weighted by atomic mass is 35.5. The monoisotopic (exact) mass is 281 g/mol. The molecule has 0 fully saturated rings. The number of hydrogen-bond donors (Lipinski definition) is 2. The summed E-state index contributed by atoms with van der Waals surface area (Å²) >= 11 is 12.2. The van der Waals surface area contributed by atoms with Crippen molar-refractivity contribution in [2.75, 3.05) is 11.1 Å². The van der Waals surface area contributed by atoms with Gasteiger partial charge in [-0.25, -0.2) is 0 Å². The lowest BCUT2D eigenvalue weighted by Gasteiger charge is -2.11. The molecule has 1 aromatic carbocycles. The van der Waals surface area contributed by atoms with E-state index in [1.54, 1.807) is 12.1 Å². The maximum absolute atomic E-state index is 6.08. The molecule has 1 heterocycles. The summed E-state index contributed by atoms with van der Waals surface area (Å²) in [5.41, 5.74) is 8.77. The average Bonchev–Trinajstić information content (AvgIpc) is 2.27. The zero-order valence-electron chi connectivity index (χ0n) is 9.87. The molecule has 0 amide bonds. The van der Waals surface area contributed by atoms with Gasteiger partial charge in [0, 0.05) is 11.4 Å². The molecule has 1 aromatic heterocycles. The van der Waals surface area contributed by atoms with Crippen LogP contribution in [0.15, 0.2) is 30.3 Å². The van der Waals surface area contributed by atoms with Gasteiger partial charge in [0.05, 0.1) is 28.0 Å². The van der Waals surface area contributed by atoms with Crippen LogP contribution in [0.1, 0.15) is 11.4 Å². The molecule has 0 aliphatic rings. The van der Waals surface area contributed by atoms with Crippen LogP contribution >= 0.6 is 23.2 Å². The second-order valence-corrected chi connectivity index (χ2v) is 4.80. The van der Waals surface area contributed by atoms with E-state index in [-0.39, 0.29) is 0 Å². The van der Waals surface area contributed by atoms with Crippen LogP contribution in [-0.4, -0.2) is 4.98 Å². The van der Waals surface area contributed by atoms with Gasteiger partial charge in [-0.05, 0) is 31.2 Å². The van der Waals surface area contributed by atoms with E-state index >= 15 is 0 Å². The molecule has 3 N–H and O–H groups in total. The van der Waals surface area contributed by atoms with E-state index in [2.05, 4.69) is 10.3 Å². The van der Waals surface area contributed by atoms with Crippen molar-refractivity contribution in [2.45, 2.75) is 13.5 Å². The SMILES string of the molecule is Cc1cccc(CNc2c(Cl)cc(N)cc2Cl)n1. The maximum Gasteiger partial charge on any atom is 0.0723 e. The topological polar surface area (TPSA) is 50.9 Å². The van der Waals surface area contributed by atoms with Crippen molar-refractivity contribution in [1.29, 1.82) is 0 Å². The Hall–Kier alpha value is -1.45. The second-order valence-electron chi connectivity index (χ2n) is 3.98. The number of rotatable bonds is 3. The number of nitrogens with one attached hydrogen (secondary N) is 1. The molecule has 2 aromatic rings. The molecule has 2 rings (SSSR count). The molecule has 0 aliphatic heterocycles. The zero-order chi connectivity index (χ0) is 13.1. The number of hydrogen-bond acceptors (Lipinski definition) is 3. The van der Waals surface area contributed by atoms with Crippen molar-refractivity contribution in [3.05, 3.63) is 51.8 Å². The van der Waals surface area contributed by atoms with Gasteiger partial charge in [-0.2, -0.15) is 0 Å². The second kappa shape index (κ2) is 5.46. The van der Waals surface area contributed by atoms with Gasteiger partial charge in [0.15, 0.2) is 0 Å². The van der Waals surface area contributed by atoms with Crippen LogP contribution in [0.5, 0.6) is 0 Å². The van der Waals surface area contributed by atoms with Crippen molar-refractivity contribution in [3.8, 4) is 0 Å². The zero-order valence-corrected chi connectivity index (χ0v) is 11.4. The van der Waals surface area contributed by atoms with Crippen LogP contribution in [0.25, 0.3) is 0 Å². The van der Waals surface area contributed by atoms with E-state index in [4.69, 9.17) is 28.9 Å². The Labute approximate surface area is 116 Å². The van der Waals surface area contributed by atoms with E-state index in [1.807, 2.05) is 25.1 Å². The Balaban J connectivity index is 2.16. The normalized spacial score (nSPS) is 10.4. The molecule has 94 valence electrons. The third-order valence-electron chi connectivity index (χ3n) is 2.46. The van der Waals surface area contributed by atoms with Crippen molar-refractivity contribution in [3.63, 3.8) is 0 Å². The van der Waals surface area contributed by atoms with Gasteiger partial charge in [-0.15, -0.1) is 0 Å². The summed E-state index contributed by atoms with van der Waals surface area (Å²) in [6.45, 7) is 2.51. The summed E-state index contributed by atoms with van der Waals surface area (Å²) in [4.78, 5) is 4.39. The van der Waals surface area contributed by atoms with Gasteiger partial charge in [-0.3, -0.25) is 4.98 Å². The van der Waals surface area contributed by atoms with E-state index in [9.17, 15) is 0 Å². The number of nitrogen functional groups attached to an aromatic ring is 1. The summed E-state index contributed by atoms with van der Waals surface area (Å²) in [6, 6.07) is 9.19. The van der Waals surface area contributed by atoms with Crippen molar-refractivity contribution in [1.82, 2.24) is 4.98 Å². The van der Waals surface area contributed by atoms with E-state index in [1.165, 1.54) is 0 Å². The predicted octanol–water partition coefficient (Wildman–Crippen LogP) is 3.89. The largest absolute Gasteiger partial charge is 0.399 e. The van der Waals surface area contributed by atoms with Gasteiger partial charge in [0.2, 0.25) is 0 Å². The average molecular weight is 282 g/mol. The first-order valence-electron chi connectivity index (χ1n) is 5.47. The Bertz CT molecular complexity index is 547. The number of halogens is 2. The van der Waals surface area contributed by atoms with Crippen molar-refractivity contribution < 1.29 is 0 Å². The highest BCUT2D eigenvalue weighted by molar-refractivity contribution is 6.39. The van der Waals surface area contributed by atoms with Gasteiger partial charge in [0.25, 0.3) is 0 Å². The maximum atomic E-state index is 6.08. The van der Waals surface area contributed by atoms with Crippen LogP contribution in [0.2, 0.25) is 10.0 Å². The first-order valence-corrected chi connectivity index (χ1v) is 6.23. The molecule has 18 heavy (non-hydrogen) atoms. The number of aryl methyl sites for hydroxylation is 1. The number of nitrogens with zero attached hydrogens (tertiary/aromatic N) is 1. The number of pyridine rings is 1. The van der Waals surface area contributed by atoms with Gasteiger partial charge in [-0.1, -0.05) is 29.3 Å². The predicted molar refractivity (Wildman–Crippen MR) is 77.2 cm³/mol. The molecule has 0 aliphatic carbocycles. The highest BCUT2D eigenvalue weighted by Crippen LogP contribution is 2.32. The molecule has 0 atom stereocenters. The number of anilines is 2. The van der Waals surface area contributed by atoms with Crippen LogP contribution in [-0.2, 0) is 6.54 Å². The summed E-state index contributed by atoms with van der Waals surface area (Å²) in [5, 5.41) is 4.18. The van der Waals surface area contributed by atoms with E-state index < -0.39 is 0 Å². The minimum Gasteiger partial charge on any atom is -0.399 e. The van der Waals surface area contributed by atoms with Crippen LogP contribution in [0.4, 0.5) is 11.4 Å². The minimum absolute atomic E-state index is 0.507. The molecular weight excluding hydrogens is 269 g/mol. The molecule has 0 radical (unpaired) electrons. The van der Waals surface area contributed by atoms with Gasteiger partial charge < -0.3 is 11.1 Å². The molecule has 3 nitrogen and oxygen atoms in total. The first kappa shape index (κ1) is 13.0. The smallest absolute Gasteiger partial charge is 0.0723 e. The summed E-state index contributed by atoms with van der Waals surface area (Å²) in [7, 11) is 0. The fourth-order valence-corrected chi connectivity index (χ4v) is 2.28. The Kier molecular flexibility index (Phi) is 3.94. The number of benzene rings is 1. The third-order valence-corrected chi connectivity index (χ3v) is 3.05. The van der Waals surface area contributed by atoms with Crippen molar-refractivity contribution >= 4 is 34.6 Å². The minimum atomic E-state index is 0.507. The quantitative estimate of drug-likeness (QED) is 0.840. The van der Waals surface area contributed by atoms with Crippen LogP contribution in [0, 0.1) is 6.92 Å². The molecule has 0 saturated heterocycles. The summed E-state index contributed by atoms with van der Waals surface area (Å²) in [6.07, 6.45) is 0. The van der Waals surface area contributed by atoms with E-state index in [0.29, 0.717) is 28.0 Å². The third kappa shape index (κ3) is 3.06. The molecular formula is C13H13Cl2N3. The van der Waals surface area contributed by atoms with Gasteiger partial charge >= 0.3 is 0 Å². The summed E-state index contributed by atoms with van der Waals surface area (Å²) < 4.78 is 0. The molecule has 0 unspecified atom stereocenters. The Morgan fingerprint density at radius 1 is 1.22 bits per heavy atom. The lowest BCUT2D eigenvalue weighted by atomic mass is 10.2. The Morgan fingerprint density at radius 3 is 2.50 bits per heavy atom. The molecule has 0 bridgehead atoms. The van der Waals surface area contributed by atoms with Crippen molar-refractivity contribution in [2.24, 2.45) is 0 Å². The van der Waals surface area contributed by atoms with Crippen LogP contribution in [0.3, 0.4) is 0 Å². The van der Waals surface area contributed by atoms with E-state index in [0.717, 1.165) is 11.4 Å². The lowest BCUT2D eigenvalue weighted by Crippen LogP contribution is -2.03. The molecule has 0 saturated carbocycles. The van der Waals surface area contributed by atoms with Crippen LogP contribution < -0.4 is 11.1 Å². The standard InChI is InChI=1S/C13H13Cl2N3/c1-8-3-2-4-10(18-8)7-17-13-11(14)5-9(16)6-12(13)15/h2-6,17H,7,16H2,1H3. The fraction of sp³-hybridized carbons (Fsp3) is 0.154. The number of nitrogens with two attached hydrogens (primary N) is 1. The fourth-order valence-electron chi connectivity index (χ4n) is 1.64.